The van der Waals surface area contributed by atoms with Crippen molar-refractivity contribution in [2.24, 2.45) is 5.41 Å². The van der Waals surface area contributed by atoms with E-state index in [1.165, 1.54) is 5.06 Å². The van der Waals surface area contributed by atoms with Crippen LogP contribution in [0.3, 0.4) is 0 Å². The van der Waals surface area contributed by atoms with Crippen LogP contribution in [0.4, 0.5) is 5.69 Å². The summed E-state index contributed by atoms with van der Waals surface area (Å²) in [5.41, 5.74) is 5.86. The minimum absolute atomic E-state index is 0.0515. The highest BCUT2D eigenvalue weighted by Gasteiger charge is 2.36. The van der Waals surface area contributed by atoms with Gasteiger partial charge in [-0.15, -0.1) is 0 Å². The van der Waals surface area contributed by atoms with Gasteiger partial charge in [-0.2, -0.15) is 5.06 Å². The fourth-order valence-electron chi connectivity index (χ4n) is 2.75. The van der Waals surface area contributed by atoms with Crippen molar-refractivity contribution in [3.05, 3.63) is 29.8 Å². The van der Waals surface area contributed by atoms with Gasteiger partial charge >= 0.3 is 5.97 Å². The van der Waals surface area contributed by atoms with Gasteiger partial charge in [0.05, 0.1) is 11.6 Å². The fraction of sp³-hybridized carbons (Fsp3) is 0.556. The molecule has 5 nitrogen and oxygen atoms in total. The number of nitrogens with zero attached hydrogens (tertiary/aromatic N) is 1. The van der Waals surface area contributed by atoms with Crippen LogP contribution in [-0.4, -0.2) is 23.0 Å². The third-order valence-corrected chi connectivity index (χ3v) is 4.11. The molecule has 2 rings (SSSR count). The van der Waals surface area contributed by atoms with Crippen molar-refractivity contribution in [2.45, 2.75) is 58.9 Å². The van der Waals surface area contributed by atoms with E-state index in [1.54, 1.807) is 24.3 Å². The molecule has 1 amide bonds. The zero-order valence-corrected chi connectivity index (χ0v) is 14.2. The summed E-state index contributed by atoms with van der Waals surface area (Å²) in [7, 11) is 0. The minimum atomic E-state index is -0.611. The van der Waals surface area contributed by atoms with Crippen LogP contribution in [0.5, 0.6) is 0 Å². The molecule has 1 aromatic carbocycles. The molecule has 1 aromatic rings. The van der Waals surface area contributed by atoms with Gasteiger partial charge in [-0.05, 0) is 25.0 Å². The predicted octanol–water partition coefficient (Wildman–Crippen LogP) is 3.55. The molecule has 0 saturated heterocycles. The van der Waals surface area contributed by atoms with Crippen LogP contribution in [0.2, 0.25) is 0 Å². The van der Waals surface area contributed by atoms with Crippen molar-refractivity contribution >= 4 is 17.6 Å². The van der Waals surface area contributed by atoms with Crippen LogP contribution in [0.1, 0.15) is 63.2 Å². The largest absolute Gasteiger partial charge is 0.398 e. The number of carbonyl (C=O) groups excluding carboxylic acids is 2. The Morgan fingerprint density at radius 3 is 2.30 bits per heavy atom. The Bertz CT molecular complexity index is 572. The number of amides is 1. The zero-order valence-electron chi connectivity index (χ0n) is 14.2. The molecule has 2 N–H and O–H groups in total. The van der Waals surface area contributed by atoms with E-state index in [2.05, 4.69) is 0 Å². The average Bonchev–Trinajstić information content (AvgIpc) is 2.52. The van der Waals surface area contributed by atoms with Crippen molar-refractivity contribution in [3.8, 4) is 0 Å². The van der Waals surface area contributed by atoms with Crippen molar-refractivity contribution in [1.29, 1.82) is 0 Å². The first kappa shape index (κ1) is 17.3. The Hall–Kier alpha value is -2.04. The lowest BCUT2D eigenvalue weighted by molar-refractivity contribution is -0.189. The van der Waals surface area contributed by atoms with Crippen LogP contribution in [0.15, 0.2) is 24.3 Å². The molecule has 0 radical (unpaired) electrons. The summed E-state index contributed by atoms with van der Waals surface area (Å²) in [6.07, 6.45) is 4.97. The van der Waals surface area contributed by atoms with Crippen LogP contribution in [0, 0.1) is 5.41 Å². The average molecular weight is 318 g/mol. The standard InChI is InChI=1S/C18H26N2O3/c1-18(2,3)17(22)20(13-9-5-4-6-10-13)23-16(21)14-11-7-8-12-15(14)19/h7-8,11-13H,4-6,9-10,19H2,1-3H3. The molecule has 126 valence electrons. The zero-order chi connectivity index (χ0) is 17.0. The number of para-hydroxylation sites is 1. The molecule has 1 saturated carbocycles. The number of anilines is 1. The summed E-state index contributed by atoms with van der Waals surface area (Å²) in [5, 5.41) is 1.30. The fourth-order valence-corrected chi connectivity index (χ4v) is 2.75. The lowest BCUT2D eigenvalue weighted by atomic mass is 9.91. The van der Waals surface area contributed by atoms with Crippen molar-refractivity contribution in [1.82, 2.24) is 5.06 Å². The van der Waals surface area contributed by atoms with E-state index < -0.39 is 11.4 Å². The molecule has 1 aliphatic rings. The molecule has 0 unspecified atom stereocenters. The third-order valence-electron chi connectivity index (χ3n) is 4.11. The number of rotatable bonds is 2. The monoisotopic (exact) mass is 318 g/mol. The normalized spacial score (nSPS) is 16.0. The highest BCUT2D eigenvalue weighted by atomic mass is 16.7. The van der Waals surface area contributed by atoms with Crippen molar-refractivity contribution < 1.29 is 14.4 Å². The van der Waals surface area contributed by atoms with Gasteiger partial charge in [-0.1, -0.05) is 52.2 Å². The van der Waals surface area contributed by atoms with E-state index in [-0.39, 0.29) is 17.5 Å². The molecule has 0 spiro atoms. The Morgan fingerprint density at radius 1 is 1.13 bits per heavy atom. The van der Waals surface area contributed by atoms with Crippen LogP contribution >= 0.6 is 0 Å². The number of hydrogen-bond donors (Lipinski definition) is 1. The SMILES string of the molecule is CC(C)(C)C(=O)N(OC(=O)c1ccccc1N)C1CCCCC1. The van der Waals surface area contributed by atoms with E-state index in [1.807, 2.05) is 20.8 Å². The van der Waals surface area contributed by atoms with Crippen LogP contribution in [0.25, 0.3) is 0 Å². The maximum atomic E-state index is 12.7. The smallest absolute Gasteiger partial charge is 0.365 e. The van der Waals surface area contributed by atoms with Gasteiger partial charge in [0.2, 0.25) is 0 Å². The Balaban J connectivity index is 2.22. The second-order valence-corrected chi connectivity index (χ2v) is 7.14. The number of carbonyl (C=O) groups is 2. The van der Waals surface area contributed by atoms with E-state index >= 15 is 0 Å². The van der Waals surface area contributed by atoms with E-state index in [9.17, 15) is 9.59 Å². The van der Waals surface area contributed by atoms with Gasteiger partial charge in [0.25, 0.3) is 5.91 Å². The second-order valence-electron chi connectivity index (χ2n) is 7.14. The Morgan fingerprint density at radius 2 is 1.74 bits per heavy atom. The molecule has 23 heavy (non-hydrogen) atoms. The molecule has 1 fully saturated rings. The summed E-state index contributed by atoms with van der Waals surface area (Å²) in [6, 6.07) is 6.68. The van der Waals surface area contributed by atoms with Gasteiger partial charge < -0.3 is 10.6 Å². The molecule has 0 heterocycles. The number of hydrogen-bond acceptors (Lipinski definition) is 4. The van der Waals surface area contributed by atoms with Gasteiger partial charge in [0.15, 0.2) is 0 Å². The topological polar surface area (TPSA) is 72.6 Å². The molecule has 5 heteroatoms. The van der Waals surface area contributed by atoms with Crippen LogP contribution < -0.4 is 5.73 Å². The number of nitrogens with two attached hydrogens (primary N) is 1. The van der Waals surface area contributed by atoms with Gasteiger partial charge in [0, 0.05) is 11.1 Å². The van der Waals surface area contributed by atoms with Crippen molar-refractivity contribution in [2.75, 3.05) is 5.73 Å². The molecule has 1 aliphatic carbocycles. The van der Waals surface area contributed by atoms with E-state index in [4.69, 9.17) is 10.6 Å². The predicted molar refractivity (Wildman–Crippen MR) is 89.4 cm³/mol. The van der Waals surface area contributed by atoms with Crippen molar-refractivity contribution in [3.63, 3.8) is 0 Å². The van der Waals surface area contributed by atoms with Crippen LogP contribution in [-0.2, 0) is 9.63 Å². The maximum Gasteiger partial charge on any atom is 0.365 e. The second kappa shape index (κ2) is 7.02. The molecule has 0 aromatic heterocycles. The summed E-state index contributed by atoms with van der Waals surface area (Å²) in [5.74, 6) is -0.751. The number of nitrogen functional groups attached to an aromatic ring is 1. The molecular formula is C18H26N2O3. The maximum absolute atomic E-state index is 12.7. The van der Waals surface area contributed by atoms with Gasteiger partial charge in [0.1, 0.15) is 0 Å². The summed E-state index contributed by atoms with van der Waals surface area (Å²) in [6.45, 7) is 5.49. The number of hydroxylamine groups is 2. The van der Waals surface area contributed by atoms with E-state index in [0.717, 1.165) is 32.1 Å². The highest BCUT2D eigenvalue weighted by molar-refractivity contribution is 5.95. The lowest BCUT2D eigenvalue weighted by Crippen LogP contribution is -2.47. The molecule has 0 bridgehead atoms. The summed E-state index contributed by atoms with van der Waals surface area (Å²) < 4.78 is 0. The Kier molecular flexibility index (Phi) is 5.29. The summed E-state index contributed by atoms with van der Waals surface area (Å²) >= 11 is 0. The highest BCUT2D eigenvalue weighted by Crippen LogP contribution is 2.28. The first-order valence-corrected chi connectivity index (χ1v) is 8.21. The molecule has 0 aliphatic heterocycles. The molecular weight excluding hydrogens is 292 g/mol. The van der Waals surface area contributed by atoms with Gasteiger partial charge in [-0.3, -0.25) is 4.79 Å². The third kappa shape index (κ3) is 4.24. The lowest BCUT2D eigenvalue weighted by Gasteiger charge is -2.35. The first-order valence-electron chi connectivity index (χ1n) is 8.21. The minimum Gasteiger partial charge on any atom is -0.398 e. The number of benzene rings is 1. The molecule has 0 atom stereocenters. The Labute approximate surface area is 137 Å². The quantitative estimate of drug-likeness (QED) is 0.668. The first-order chi connectivity index (χ1) is 10.8. The van der Waals surface area contributed by atoms with Gasteiger partial charge in [-0.25, -0.2) is 4.79 Å². The summed E-state index contributed by atoms with van der Waals surface area (Å²) in [4.78, 5) is 30.7. The van der Waals surface area contributed by atoms with E-state index in [0.29, 0.717) is 5.69 Å².